The van der Waals surface area contributed by atoms with Crippen LogP contribution in [0.1, 0.15) is 13.8 Å². The minimum atomic E-state index is 0.251. The lowest BCUT2D eigenvalue weighted by atomic mass is 10.2. The second kappa shape index (κ2) is 2.82. The topological polar surface area (TPSA) is 23.5 Å². The lowest BCUT2D eigenvalue weighted by Crippen LogP contribution is -2.21. The van der Waals surface area contributed by atoms with E-state index in [0.29, 0.717) is 11.6 Å². The van der Waals surface area contributed by atoms with Gasteiger partial charge < -0.3 is 10.0 Å². The van der Waals surface area contributed by atoms with Crippen LogP contribution in [0.5, 0.6) is 0 Å². The zero-order valence-corrected chi connectivity index (χ0v) is 6.91. The molecule has 1 heterocycles. The van der Waals surface area contributed by atoms with Crippen molar-refractivity contribution in [3.8, 4) is 0 Å². The molecule has 0 aromatic heterocycles. The second-order valence-corrected chi connectivity index (χ2v) is 2.90. The van der Waals surface area contributed by atoms with Crippen molar-refractivity contribution in [2.24, 2.45) is 0 Å². The van der Waals surface area contributed by atoms with Crippen molar-refractivity contribution >= 4 is 0 Å². The largest absolute Gasteiger partial charge is 0.506 e. The summed E-state index contributed by atoms with van der Waals surface area (Å²) < 4.78 is 0. The Labute approximate surface area is 67.1 Å². The Morgan fingerprint density at radius 1 is 1.55 bits per heavy atom. The van der Waals surface area contributed by atoms with E-state index in [-0.39, 0.29) is 5.76 Å². The maximum absolute atomic E-state index is 9.27. The van der Waals surface area contributed by atoms with Crippen LogP contribution < -0.4 is 0 Å². The van der Waals surface area contributed by atoms with Gasteiger partial charge in [-0.05, 0) is 19.9 Å². The van der Waals surface area contributed by atoms with Gasteiger partial charge in [-0.2, -0.15) is 0 Å². The fourth-order valence-electron chi connectivity index (χ4n) is 0.850. The van der Waals surface area contributed by atoms with Crippen LogP contribution in [0, 0.1) is 0 Å². The first-order valence-corrected chi connectivity index (χ1v) is 3.67. The summed E-state index contributed by atoms with van der Waals surface area (Å²) in [6, 6.07) is 0.376. The molecule has 2 nitrogen and oxygen atoms in total. The van der Waals surface area contributed by atoms with Crippen molar-refractivity contribution in [1.82, 2.24) is 4.90 Å². The Morgan fingerprint density at radius 2 is 2.18 bits per heavy atom. The molecule has 0 unspecified atom stereocenters. The molecule has 0 atom stereocenters. The molecule has 0 amide bonds. The third-order valence-electron chi connectivity index (χ3n) is 1.64. The van der Waals surface area contributed by atoms with Gasteiger partial charge in [-0.1, -0.05) is 6.58 Å². The number of hydrogen-bond acceptors (Lipinski definition) is 2. The summed E-state index contributed by atoms with van der Waals surface area (Å²) in [5, 5.41) is 9.27. The van der Waals surface area contributed by atoms with Gasteiger partial charge in [0.15, 0.2) is 0 Å². The summed E-state index contributed by atoms with van der Waals surface area (Å²) in [6.07, 6.45) is 5.40. The zero-order chi connectivity index (χ0) is 8.43. The van der Waals surface area contributed by atoms with Gasteiger partial charge in [0.25, 0.3) is 0 Å². The maximum atomic E-state index is 9.27. The summed E-state index contributed by atoms with van der Waals surface area (Å²) in [5.74, 6) is 0.251. The number of rotatable bonds is 1. The summed E-state index contributed by atoms with van der Waals surface area (Å²) >= 11 is 0. The van der Waals surface area contributed by atoms with Crippen molar-refractivity contribution in [3.05, 3.63) is 36.4 Å². The van der Waals surface area contributed by atoms with E-state index in [1.165, 1.54) is 0 Å². The molecule has 0 aliphatic carbocycles. The van der Waals surface area contributed by atoms with E-state index in [9.17, 15) is 5.11 Å². The van der Waals surface area contributed by atoms with Crippen molar-refractivity contribution in [1.29, 1.82) is 0 Å². The average molecular weight is 151 g/mol. The van der Waals surface area contributed by atoms with Crippen LogP contribution in [0.25, 0.3) is 0 Å². The highest BCUT2D eigenvalue weighted by Gasteiger charge is 2.08. The molecule has 1 N–H and O–H groups in total. The molecule has 2 heteroatoms. The predicted molar refractivity (Wildman–Crippen MR) is 46.0 cm³/mol. The molecule has 0 saturated carbocycles. The van der Waals surface area contributed by atoms with Gasteiger partial charge in [0, 0.05) is 24.0 Å². The third-order valence-corrected chi connectivity index (χ3v) is 1.64. The molecule has 60 valence electrons. The Balaban J connectivity index is 2.77. The normalized spacial score (nSPS) is 17.5. The maximum Gasteiger partial charge on any atom is 0.138 e. The fraction of sp³-hybridized carbons (Fsp3) is 0.333. The second-order valence-electron chi connectivity index (χ2n) is 2.90. The van der Waals surface area contributed by atoms with Gasteiger partial charge in [-0.15, -0.1) is 0 Å². The van der Waals surface area contributed by atoms with Gasteiger partial charge >= 0.3 is 0 Å². The van der Waals surface area contributed by atoms with E-state index in [0.717, 1.165) is 0 Å². The van der Waals surface area contributed by atoms with E-state index < -0.39 is 0 Å². The Hall–Kier alpha value is -1.18. The number of hydrogen-bond donors (Lipinski definition) is 1. The fourth-order valence-corrected chi connectivity index (χ4v) is 0.850. The zero-order valence-electron chi connectivity index (χ0n) is 6.91. The minimum absolute atomic E-state index is 0.251. The predicted octanol–water partition coefficient (Wildman–Crippen LogP) is 2.18. The number of nitrogens with zero attached hydrogens (tertiary/aromatic N) is 1. The third kappa shape index (κ3) is 1.64. The first-order valence-electron chi connectivity index (χ1n) is 3.67. The first-order chi connectivity index (χ1) is 5.11. The molecular formula is C9H13NO. The van der Waals surface area contributed by atoms with E-state index >= 15 is 0 Å². The molecule has 0 saturated heterocycles. The van der Waals surface area contributed by atoms with Gasteiger partial charge in [0.05, 0.1) is 0 Å². The highest BCUT2D eigenvalue weighted by atomic mass is 16.3. The summed E-state index contributed by atoms with van der Waals surface area (Å²) in [6.45, 7) is 7.77. The smallest absolute Gasteiger partial charge is 0.138 e. The SMILES string of the molecule is C=C1C=CN(C(C)C)C=C1O. The van der Waals surface area contributed by atoms with E-state index in [2.05, 4.69) is 20.4 Å². The van der Waals surface area contributed by atoms with E-state index in [1.807, 2.05) is 11.1 Å². The first kappa shape index (κ1) is 7.92. The van der Waals surface area contributed by atoms with E-state index in [4.69, 9.17) is 0 Å². The Bertz CT molecular complexity index is 226. The molecule has 0 fully saturated rings. The molecule has 0 bridgehead atoms. The Morgan fingerprint density at radius 3 is 2.64 bits per heavy atom. The van der Waals surface area contributed by atoms with Crippen molar-refractivity contribution in [2.75, 3.05) is 0 Å². The number of allylic oxidation sites excluding steroid dienone is 1. The molecule has 0 radical (unpaired) electrons. The van der Waals surface area contributed by atoms with Crippen LogP contribution in [0.2, 0.25) is 0 Å². The van der Waals surface area contributed by atoms with Crippen LogP contribution in [0.15, 0.2) is 36.4 Å². The minimum Gasteiger partial charge on any atom is -0.506 e. The molecule has 0 spiro atoms. The van der Waals surface area contributed by atoms with Gasteiger partial charge in [0.1, 0.15) is 5.76 Å². The number of aliphatic hydroxyl groups excluding tert-OH is 1. The van der Waals surface area contributed by atoms with Crippen molar-refractivity contribution in [3.63, 3.8) is 0 Å². The molecule has 11 heavy (non-hydrogen) atoms. The van der Waals surface area contributed by atoms with Gasteiger partial charge in [-0.25, -0.2) is 0 Å². The lowest BCUT2D eigenvalue weighted by Gasteiger charge is -2.23. The molecular weight excluding hydrogens is 138 g/mol. The Kier molecular flexibility index (Phi) is 2.03. The molecule has 0 aromatic carbocycles. The number of aliphatic hydroxyl groups is 1. The summed E-state index contributed by atoms with van der Waals surface area (Å²) in [7, 11) is 0. The lowest BCUT2D eigenvalue weighted by molar-refractivity contribution is 0.359. The van der Waals surface area contributed by atoms with Crippen LogP contribution >= 0.6 is 0 Å². The van der Waals surface area contributed by atoms with Gasteiger partial charge in [0.2, 0.25) is 0 Å². The standard InChI is InChI=1S/C9H13NO/c1-7(2)10-5-4-8(3)9(11)6-10/h4-7,11H,3H2,1-2H3. The van der Waals surface area contributed by atoms with Crippen LogP contribution in [-0.4, -0.2) is 16.0 Å². The van der Waals surface area contributed by atoms with Crippen molar-refractivity contribution in [2.45, 2.75) is 19.9 Å². The van der Waals surface area contributed by atoms with E-state index in [1.54, 1.807) is 12.3 Å². The quantitative estimate of drug-likeness (QED) is 0.621. The molecule has 1 aliphatic rings. The van der Waals surface area contributed by atoms with Crippen LogP contribution in [-0.2, 0) is 0 Å². The monoisotopic (exact) mass is 151 g/mol. The van der Waals surface area contributed by atoms with Gasteiger partial charge in [-0.3, -0.25) is 0 Å². The van der Waals surface area contributed by atoms with Crippen LogP contribution in [0.4, 0.5) is 0 Å². The summed E-state index contributed by atoms with van der Waals surface area (Å²) in [4.78, 5) is 1.93. The molecule has 1 rings (SSSR count). The molecule has 1 aliphatic heterocycles. The van der Waals surface area contributed by atoms with Crippen LogP contribution in [0.3, 0.4) is 0 Å². The summed E-state index contributed by atoms with van der Waals surface area (Å²) in [5.41, 5.74) is 0.668. The molecule has 0 aromatic rings. The average Bonchev–Trinajstić information content (AvgIpc) is 1.94. The van der Waals surface area contributed by atoms with Crippen molar-refractivity contribution < 1.29 is 5.11 Å². The highest BCUT2D eigenvalue weighted by molar-refractivity contribution is 5.35. The highest BCUT2D eigenvalue weighted by Crippen LogP contribution is 2.15.